The Labute approximate surface area is 106 Å². The highest BCUT2D eigenvalue weighted by Crippen LogP contribution is 2.29. The number of halogens is 2. The maximum absolute atomic E-state index is 13.5. The van der Waals surface area contributed by atoms with Crippen LogP contribution in [0.2, 0.25) is 0 Å². The molecule has 1 fully saturated rings. The van der Waals surface area contributed by atoms with Crippen LogP contribution >= 0.6 is 0 Å². The molecule has 2 nitrogen and oxygen atoms in total. The van der Waals surface area contributed by atoms with Gasteiger partial charge in [-0.3, -0.25) is 0 Å². The molecule has 1 N–H and O–H groups in total. The van der Waals surface area contributed by atoms with Crippen LogP contribution in [0.3, 0.4) is 0 Å². The van der Waals surface area contributed by atoms with Gasteiger partial charge in [-0.25, -0.2) is 8.78 Å². The van der Waals surface area contributed by atoms with Crippen LogP contribution in [0.25, 0.3) is 0 Å². The lowest BCUT2D eigenvalue weighted by atomic mass is 9.85. The number of benzene rings is 1. The number of hydrogen-bond acceptors (Lipinski definition) is 2. The molecule has 100 valence electrons. The highest BCUT2D eigenvalue weighted by atomic mass is 19.1. The Balaban J connectivity index is 2.12. The monoisotopic (exact) mass is 255 g/mol. The van der Waals surface area contributed by atoms with E-state index in [4.69, 9.17) is 4.74 Å². The van der Waals surface area contributed by atoms with Crippen molar-refractivity contribution in [3.05, 3.63) is 29.8 Å². The van der Waals surface area contributed by atoms with E-state index < -0.39 is 11.6 Å². The third kappa shape index (κ3) is 2.99. The van der Waals surface area contributed by atoms with Crippen molar-refractivity contribution in [2.45, 2.75) is 38.3 Å². The van der Waals surface area contributed by atoms with Crippen molar-refractivity contribution in [2.24, 2.45) is 5.92 Å². The molecule has 2 rings (SSSR count). The minimum Gasteiger partial charge on any atom is -0.486 e. The Morgan fingerprint density at radius 1 is 1.28 bits per heavy atom. The molecule has 0 saturated heterocycles. The Morgan fingerprint density at radius 3 is 2.78 bits per heavy atom. The van der Waals surface area contributed by atoms with Crippen molar-refractivity contribution < 1.29 is 13.5 Å². The zero-order chi connectivity index (χ0) is 13.1. The second kappa shape index (κ2) is 5.65. The van der Waals surface area contributed by atoms with E-state index in [0.717, 1.165) is 37.5 Å². The largest absolute Gasteiger partial charge is 0.486 e. The summed E-state index contributed by atoms with van der Waals surface area (Å²) in [5.74, 6) is -0.425. The van der Waals surface area contributed by atoms with Gasteiger partial charge in [-0.15, -0.1) is 0 Å². The van der Waals surface area contributed by atoms with E-state index in [-0.39, 0.29) is 17.9 Å². The van der Waals surface area contributed by atoms with Crippen LogP contribution in [0.15, 0.2) is 18.2 Å². The number of nitrogens with one attached hydrogen (secondary N) is 1. The number of ether oxygens (including phenoxy) is 1. The third-order valence-corrected chi connectivity index (χ3v) is 3.60. The lowest BCUT2D eigenvalue weighted by Crippen LogP contribution is -2.45. The number of rotatable bonds is 3. The first-order valence-corrected chi connectivity index (χ1v) is 6.39. The molecule has 0 heterocycles. The van der Waals surface area contributed by atoms with E-state index in [9.17, 15) is 8.78 Å². The van der Waals surface area contributed by atoms with Crippen LogP contribution in [0, 0.1) is 17.6 Å². The molecule has 0 bridgehead atoms. The van der Waals surface area contributed by atoms with Gasteiger partial charge >= 0.3 is 0 Å². The van der Waals surface area contributed by atoms with Crippen LogP contribution in [0.5, 0.6) is 5.75 Å². The molecule has 1 aromatic rings. The lowest BCUT2D eigenvalue weighted by Gasteiger charge is -2.34. The Hall–Kier alpha value is -1.16. The molecule has 3 unspecified atom stereocenters. The van der Waals surface area contributed by atoms with Crippen LogP contribution in [-0.4, -0.2) is 19.2 Å². The summed E-state index contributed by atoms with van der Waals surface area (Å²) in [5.41, 5.74) is 0. The predicted octanol–water partition coefficient (Wildman–Crippen LogP) is 3.12. The molecule has 1 aliphatic carbocycles. The number of hydrogen-bond donors (Lipinski definition) is 1. The van der Waals surface area contributed by atoms with E-state index >= 15 is 0 Å². The van der Waals surface area contributed by atoms with E-state index in [0.29, 0.717) is 5.92 Å². The van der Waals surface area contributed by atoms with E-state index in [1.54, 1.807) is 0 Å². The number of likely N-dealkylation sites (N-methyl/N-ethyl adjacent to an activating group) is 1. The van der Waals surface area contributed by atoms with E-state index in [1.807, 2.05) is 7.05 Å². The first kappa shape index (κ1) is 13.3. The quantitative estimate of drug-likeness (QED) is 0.896. The molecule has 1 aromatic carbocycles. The van der Waals surface area contributed by atoms with Crippen LogP contribution in [-0.2, 0) is 0 Å². The van der Waals surface area contributed by atoms with Crippen molar-refractivity contribution in [2.75, 3.05) is 7.05 Å². The minimum absolute atomic E-state index is 0.00866. The second-order valence-electron chi connectivity index (χ2n) is 5.04. The maximum atomic E-state index is 13.5. The Kier molecular flexibility index (Phi) is 4.17. The molecular formula is C14H19F2NO. The molecule has 1 saturated carbocycles. The van der Waals surface area contributed by atoms with Crippen molar-refractivity contribution >= 4 is 0 Å². The fourth-order valence-electron chi connectivity index (χ4n) is 2.52. The van der Waals surface area contributed by atoms with Crippen LogP contribution in [0.1, 0.15) is 26.2 Å². The molecule has 0 amide bonds. The maximum Gasteiger partial charge on any atom is 0.165 e. The summed E-state index contributed by atoms with van der Waals surface area (Å²) in [6.45, 7) is 2.16. The van der Waals surface area contributed by atoms with Gasteiger partial charge in [-0.1, -0.05) is 6.92 Å². The van der Waals surface area contributed by atoms with Gasteiger partial charge in [-0.2, -0.15) is 0 Å². The summed E-state index contributed by atoms with van der Waals surface area (Å²) in [5, 5.41) is 3.19. The van der Waals surface area contributed by atoms with Gasteiger partial charge in [0, 0.05) is 12.1 Å². The molecule has 0 aromatic heterocycles. The van der Waals surface area contributed by atoms with Gasteiger partial charge in [-0.05, 0) is 44.4 Å². The minimum atomic E-state index is -0.510. The molecule has 0 aliphatic heterocycles. The van der Waals surface area contributed by atoms with Gasteiger partial charge in [0.25, 0.3) is 0 Å². The standard InChI is InChI=1S/C14H19F2NO/c1-9-3-6-12(17-2)14(7-9)18-13-8-10(15)4-5-11(13)16/h4-5,8-9,12,14,17H,3,6-7H2,1-2H3. The SMILES string of the molecule is CNC1CCC(C)CC1Oc1cc(F)ccc1F. The molecule has 3 atom stereocenters. The molecule has 4 heteroatoms. The van der Waals surface area contributed by atoms with E-state index in [1.165, 1.54) is 0 Å². The summed E-state index contributed by atoms with van der Waals surface area (Å²) in [6.07, 6.45) is 2.90. The zero-order valence-corrected chi connectivity index (χ0v) is 10.7. The van der Waals surface area contributed by atoms with Crippen molar-refractivity contribution in [3.8, 4) is 5.75 Å². The van der Waals surface area contributed by atoms with Gasteiger partial charge in [0.05, 0.1) is 0 Å². The molecule has 0 radical (unpaired) electrons. The van der Waals surface area contributed by atoms with Crippen molar-refractivity contribution in [1.29, 1.82) is 0 Å². The average molecular weight is 255 g/mol. The third-order valence-electron chi connectivity index (χ3n) is 3.60. The van der Waals surface area contributed by atoms with Gasteiger partial charge < -0.3 is 10.1 Å². The molecule has 18 heavy (non-hydrogen) atoms. The summed E-state index contributed by atoms with van der Waals surface area (Å²) < 4.78 is 32.3. The highest BCUT2D eigenvalue weighted by Gasteiger charge is 2.29. The second-order valence-corrected chi connectivity index (χ2v) is 5.04. The molecular weight excluding hydrogens is 236 g/mol. The van der Waals surface area contributed by atoms with Gasteiger partial charge in [0.1, 0.15) is 11.9 Å². The summed E-state index contributed by atoms with van der Waals surface area (Å²) in [7, 11) is 1.87. The molecule has 0 spiro atoms. The van der Waals surface area contributed by atoms with Crippen molar-refractivity contribution in [1.82, 2.24) is 5.32 Å². The van der Waals surface area contributed by atoms with Crippen LogP contribution in [0.4, 0.5) is 8.78 Å². The zero-order valence-electron chi connectivity index (χ0n) is 10.7. The smallest absolute Gasteiger partial charge is 0.165 e. The first-order chi connectivity index (χ1) is 8.60. The van der Waals surface area contributed by atoms with Gasteiger partial charge in [0.15, 0.2) is 11.6 Å². The predicted molar refractivity (Wildman–Crippen MR) is 66.6 cm³/mol. The summed E-state index contributed by atoms with van der Waals surface area (Å²) in [4.78, 5) is 0. The Bertz CT molecular complexity index is 411. The average Bonchev–Trinajstić information content (AvgIpc) is 2.34. The topological polar surface area (TPSA) is 21.3 Å². The lowest BCUT2D eigenvalue weighted by molar-refractivity contribution is 0.0901. The fourth-order valence-corrected chi connectivity index (χ4v) is 2.52. The fraction of sp³-hybridized carbons (Fsp3) is 0.571. The molecule has 1 aliphatic rings. The highest BCUT2D eigenvalue weighted by molar-refractivity contribution is 5.25. The summed E-state index contributed by atoms with van der Waals surface area (Å²) >= 11 is 0. The van der Waals surface area contributed by atoms with E-state index in [2.05, 4.69) is 12.2 Å². The first-order valence-electron chi connectivity index (χ1n) is 6.39. The van der Waals surface area contributed by atoms with Crippen molar-refractivity contribution in [3.63, 3.8) is 0 Å². The summed E-state index contributed by atoms with van der Waals surface area (Å²) in [6, 6.07) is 3.51. The van der Waals surface area contributed by atoms with Crippen LogP contribution < -0.4 is 10.1 Å². The van der Waals surface area contributed by atoms with Gasteiger partial charge in [0.2, 0.25) is 0 Å². The Morgan fingerprint density at radius 2 is 2.06 bits per heavy atom. The normalized spacial score (nSPS) is 28.1.